The van der Waals surface area contributed by atoms with Gasteiger partial charge in [-0.15, -0.1) is 0 Å². The van der Waals surface area contributed by atoms with Crippen molar-refractivity contribution in [3.8, 4) is 0 Å². The van der Waals surface area contributed by atoms with Gasteiger partial charge in [-0.05, 0) is 11.5 Å². The van der Waals surface area contributed by atoms with Gasteiger partial charge in [0.2, 0.25) is 5.91 Å². The summed E-state index contributed by atoms with van der Waals surface area (Å²) in [5, 5.41) is 5.11. The summed E-state index contributed by atoms with van der Waals surface area (Å²) in [6, 6.07) is 13.7. The molecule has 1 saturated heterocycles. The van der Waals surface area contributed by atoms with Crippen LogP contribution in [0.2, 0.25) is 0 Å². The summed E-state index contributed by atoms with van der Waals surface area (Å²) in [6.45, 7) is 3.88. The van der Waals surface area contributed by atoms with Gasteiger partial charge in [-0.25, -0.2) is 4.79 Å². The van der Waals surface area contributed by atoms with Crippen LogP contribution < -0.4 is 5.32 Å². The first kappa shape index (κ1) is 14.4. The van der Waals surface area contributed by atoms with Crippen LogP contribution in [0.15, 0.2) is 42.5 Å². The number of hydrogen-bond acceptors (Lipinski definition) is 2. The van der Waals surface area contributed by atoms with Crippen molar-refractivity contribution >= 4 is 28.4 Å². The molecule has 1 heterocycles. The van der Waals surface area contributed by atoms with E-state index >= 15 is 0 Å². The largest absolute Gasteiger partial charge is 0.339 e. The fourth-order valence-electron chi connectivity index (χ4n) is 2.75. The van der Waals surface area contributed by atoms with E-state index in [4.69, 9.17) is 0 Å². The van der Waals surface area contributed by atoms with Gasteiger partial charge in [0.25, 0.3) is 0 Å². The number of urea groups is 1. The Morgan fingerprint density at radius 3 is 2.27 bits per heavy atom. The fraction of sp³-hybridized carbons (Fsp3) is 0.294. The molecule has 0 saturated carbocycles. The second-order valence-electron chi connectivity index (χ2n) is 5.45. The van der Waals surface area contributed by atoms with Gasteiger partial charge in [-0.1, -0.05) is 36.4 Å². The van der Waals surface area contributed by atoms with Crippen LogP contribution in [0, 0.1) is 0 Å². The number of rotatable bonds is 1. The molecule has 1 N–H and O–H groups in total. The van der Waals surface area contributed by atoms with Crippen molar-refractivity contribution in [2.24, 2.45) is 0 Å². The van der Waals surface area contributed by atoms with Crippen molar-refractivity contribution in [3.63, 3.8) is 0 Å². The summed E-state index contributed by atoms with van der Waals surface area (Å²) in [5.41, 5.74) is 0.817. The molecule has 2 aromatic carbocycles. The molecule has 5 heteroatoms. The molecule has 0 bridgehead atoms. The Labute approximate surface area is 129 Å². The summed E-state index contributed by atoms with van der Waals surface area (Å²) >= 11 is 0. The molecule has 0 radical (unpaired) electrons. The molecule has 5 nitrogen and oxygen atoms in total. The summed E-state index contributed by atoms with van der Waals surface area (Å²) < 4.78 is 0. The highest BCUT2D eigenvalue weighted by Gasteiger charge is 2.22. The number of carbonyl (C=O) groups excluding carboxylic acids is 2. The number of hydrogen-bond donors (Lipinski definition) is 1. The van der Waals surface area contributed by atoms with Crippen LogP contribution in [0.3, 0.4) is 0 Å². The van der Waals surface area contributed by atoms with Gasteiger partial charge in [0.15, 0.2) is 0 Å². The topological polar surface area (TPSA) is 52.7 Å². The average molecular weight is 297 g/mol. The van der Waals surface area contributed by atoms with E-state index in [9.17, 15) is 9.59 Å². The van der Waals surface area contributed by atoms with E-state index in [0.29, 0.717) is 26.2 Å². The summed E-state index contributed by atoms with van der Waals surface area (Å²) in [5.74, 6) is 0.0640. The van der Waals surface area contributed by atoms with Gasteiger partial charge in [0.1, 0.15) is 0 Å². The molecule has 1 aliphatic rings. The monoisotopic (exact) mass is 297 g/mol. The number of nitrogens with one attached hydrogen (secondary N) is 1. The third kappa shape index (κ3) is 2.88. The maximum absolute atomic E-state index is 12.4. The predicted octanol–water partition coefficient (Wildman–Crippen LogP) is 2.54. The van der Waals surface area contributed by atoms with Crippen molar-refractivity contribution in [1.82, 2.24) is 9.80 Å². The second kappa shape index (κ2) is 6.05. The van der Waals surface area contributed by atoms with Crippen LogP contribution in [0.4, 0.5) is 10.5 Å². The van der Waals surface area contributed by atoms with E-state index in [-0.39, 0.29) is 11.9 Å². The third-order valence-electron chi connectivity index (χ3n) is 4.04. The lowest BCUT2D eigenvalue weighted by Crippen LogP contribution is -2.51. The van der Waals surface area contributed by atoms with Crippen molar-refractivity contribution in [3.05, 3.63) is 42.5 Å². The molecule has 114 valence electrons. The minimum Gasteiger partial charge on any atom is -0.339 e. The lowest BCUT2D eigenvalue weighted by molar-refractivity contribution is -0.130. The number of fused-ring (bicyclic) bond motifs is 1. The molecule has 0 aliphatic carbocycles. The number of benzene rings is 2. The zero-order chi connectivity index (χ0) is 15.5. The Morgan fingerprint density at radius 1 is 0.909 bits per heavy atom. The molecule has 0 unspecified atom stereocenters. The molecule has 0 aromatic heterocycles. The minimum atomic E-state index is -0.112. The van der Waals surface area contributed by atoms with Crippen LogP contribution >= 0.6 is 0 Å². The molecular weight excluding hydrogens is 278 g/mol. The lowest BCUT2D eigenvalue weighted by atomic mass is 10.1. The van der Waals surface area contributed by atoms with Crippen molar-refractivity contribution in [1.29, 1.82) is 0 Å². The van der Waals surface area contributed by atoms with Crippen LogP contribution in [-0.4, -0.2) is 47.9 Å². The minimum absolute atomic E-state index is 0.0640. The molecule has 0 spiro atoms. The van der Waals surface area contributed by atoms with Crippen LogP contribution in [0.1, 0.15) is 6.92 Å². The molecule has 1 aliphatic heterocycles. The first-order chi connectivity index (χ1) is 10.6. The van der Waals surface area contributed by atoms with E-state index in [1.54, 1.807) is 16.7 Å². The summed E-state index contributed by atoms with van der Waals surface area (Å²) in [7, 11) is 0. The van der Waals surface area contributed by atoms with Gasteiger partial charge in [-0.3, -0.25) is 4.79 Å². The zero-order valence-corrected chi connectivity index (χ0v) is 12.6. The smallest absolute Gasteiger partial charge is 0.321 e. The molecule has 1 fully saturated rings. The quantitative estimate of drug-likeness (QED) is 0.879. The summed E-state index contributed by atoms with van der Waals surface area (Å²) in [4.78, 5) is 27.2. The molecule has 3 amide bonds. The highest BCUT2D eigenvalue weighted by molar-refractivity contribution is 6.01. The Morgan fingerprint density at radius 2 is 1.55 bits per heavy atom. The SMILES string of the molecule is CC(=O)N1CCN(C(=O)Nc2cccc3ccccc23)CC1. The normalized spacial score (nSPS) is 15.0. The second-order valence-corrected chi connectivity index (χ2v) is 5.45. The first-order valence-corrected chi connectivity index (χ1v) is 7.44. The van der Waals surface area contributed by atoms with Crippen molar-refractivity contribution in [2.75, 3.05) is 31.5 Å². The van der Waals surface area contributed by atoms with Gasteiger partial charge in [0, 0.05) is 38.5 Å². The third-order valence-corrected chi connectivity index (χ3v) is 4.04. The zero-order valence-electron chi connectivity index (χ0n) is 12.6. The molecule has 3 rings (SSSR count). The Balaban J connectivity index is 1.70. The van der Waals surface area contributed by atoms with E-state index in [0.717, 1.165) is 16.5 Å². The van der Waals surface area contributed by atoms with Crippen LogP contribution in [0.25, 0.3) is 10.8 Å². The Kier molecular flexibility index (Phi) is 3.96. The number of amides is 3. The lowest BCUT2D eigenvalue weighted by Gasteiger charge is -2.34. The maximum atomic E-state index is 12.4. The summed E-state index contributed by atoms with van der Waals surface area (Å²) in [6.07, 6.45) is 0. The first-order valence-electron chi connectivity index (χ1n) is 7.44. The Hall–Kier alpha value is -2.56. The van der Waals surface area contributed by atoms with E-state index in [2.05, 4.69) is 5.32 Å². The van der Waals surface area contributed by atoms with E-state index < -0.39 is 0 Å². The number of nitrogens with zero attached hydrogens (tertiary/aromatic N) is 2. The van der Waals surface area contributed by atoms with Gasteiger partial charge in [-0.2, -0.15) is 0 Å². The molecule has 22 heavy (non-hydrogen) atoms. The fourth-order valence-corrected chi connectivity index (χ4v) is 2.75. The van der Waals surface area contributed by atoms with E-state index in [1.807, 2.05) is 42.5 Å². The van der Waals surface area contributed by atoms with Crippen molar-refractivity contribution in [2.45, 2.75) is 6.92 Å². The number of anilines is 1. The van der Waals surface area contributed by atoms with E-state index in [1.165, 1.54) is 0 Å². The maximum Gasteiger partial charge on any atom is 0.321 e. The predicted molar refractivity (Wildman–Crippen MR) is 86.8 cm³/mol. The highest BCUT2D eigenvalue weighted by Crippen LogP contribution is 2.23. The Bertz CT molecular complexity index is 701. The molecule has 0 atom stereocenters. The highest BCUT2D eigenvalue weighted by atomic mass is 16.2. The number of carbonyl (C=O) groups is 2. The molecule has 2 aromatic rings. The van der Waals surface area contributed by atoms with Gasteiger partial charge >= 0.3 is 6.03 Å². The van der Waals surface area contributed by atoms with Crippen molar-refractivity contribution < 1.29 is 9.59 Å². The van der Waals surface area contributed by atoms with Crippen LogP contribution in [0.5, 0.6) is 0 Å². The average Bonchev–Trinajstić information content (AvgIpc) is 2.55. The van der Waals surface area contributed by atoms with Crippen LogP contribution in [-0.2, 0) is 4.79 Å². The van der Waals surface area contributed by atoms with Gasteiger partial charge in [0.05, 0.1) is 5.69 Å². The van der Waals surface area contributed by atoms with Gasteiger partial charge < -0.3 is 15.1 Å². The standard InChI is InChI=1S/C17H19N3O2/c1-13(21)19-9-11-20(12-10-19)17(22)18-16-8-4-6-14-5-2-3-7-15(14)16/h2-8H,9-12H2,1H3,(H,18,22). The number of piperazine rings is 1. The molecular formula is C17H19N3O2.